The first kappa shape index (κ1) is 15.3. The predicted molar refractivity (Wildman–Crippen MR) is 86.8 cm³/mol. The third kappa shape index (κ3) is 3.97. The third-order valence-corrected chi connectivity index (χ3v) is 4.09. The fourth-order valence-electron chi connectivity index (χ4n) is 2.71. The molecule has 3 rings (SSSR count). The molecule has 0 saturated heterocycles. The maximum Gasteiger partial charge on any atom is 0.335 e. The maximum absolute atomic E-state index is 11.1. The average molecular weight is 306 g/mol. The van der Waals surface area contributed by atoms with Crippen LogP contribution in [0, 0.1) is 11.3 Å². The summed E-state index contributed by atoms with van der Waals surface area (Å²) < 4.78 is 0. The lowest BCUT2D eigenvalue weighted by Crippen LogP contribution is -2.25. The van der Waals surface area contributed by atoms with Gasteiger partial charge in [0, 0.05) is 19.1 Å². The Hall–Kier alpha value is -2.64. The van der Waals surface area contributed by atoms with E-state index >= 15 is 0 Å². The largest absolute Gasteiger partial charge is 0.478 e. The standard InChI is InChI=1S/C19H18N2O2/c20-11-14-4-6-15(7-5-14)12-21(18-8-9-18)13-16-2-1-3-17(10-16)19(22)23/h1-7,10,18H,8-9,12-13H2,(H,22,23). The van der Waals surface area contributed by atoms with Crippen LogP contribution in [0.2, 0.25) is 0 Å². The second-order valence-electron chi connectivity index (χ2n) is 5.95. The molecule has 1 aliphatic carbocycles. The van der Waals surface area contributed by atoms with Gasteiger partial charge in [-0.25, -0.2) is 4.79 Å². The normalized spacial score (nSPS) is 13.7. The van der Waals surface area contributed by atoms with Gasteiger partial charge in [-0.1, -0.05) is 24.3 Å². The molecular weight excluding hydrogens is 288 g/mol. The summed E-state index contributed by atoms with van der Waals surface area (Å²) in [4.78, 5) is 13.5. The van der Waals surface area contributed by atoms with E-state index in [4.69, 9.17) is 10.4 Å². The molecule has 1 aliphatic rings. The summed E-state index contributed by atoms with van der Waals surface area (Å²) >= 11 is 0. The van der Waals surface area contributed by atoms with Crippen LogP contribution in [-0.2, 0) is 13.1 Å². The van der Waals surface area contributed by atoms with Crippen molar-refractivity contribution in [2.45, 2.75) is 32.0 Å². The fourth-order valence-corrected chi connectivity index (χ4v) is 2.71. The maximum atomic E-state index is 11.1. The topological polar surface area (TPSA) is 64.3 Å². The van der Waals surface area contributed by atoms with Gasteiger partial charge in [0.2, 0.25) is 0 Å². The number of carbonyl (C=O) groups is 1. The van der Waals surface area contributed by atoms with Crippen LogP contribution in [0.3, 0.4) is 0 Å². The molecular formula is C19H18N2O2. The lowest BCUT2D eigenvalue weighted by Gasteiger charge is -2.22. The van der Waals surface area contributed by atoms with Gasteiger partial charge in [-0.05, 0) is 48.2 Å². The number of nitriles is 1. The molecule has 0 radical (unpaired) electrons. The second kappa shape index (κ2) is 6.64. The molecule has 0 aliphatic heterocycles. The molecule has 1 N–H and O–H groups in total. The highest BCUT2D eigenvalue weighted by Crippen LogP contribution is 2.30. The summed E-state index contributed by atoms with van der Waals surface area (Å²) in [5.74, 6) is -0.892. The van der Waals surface area contributed by atoms with Gasteiger partial charge >= 0.3 is 5.97 Å². The first-order valence-electron chi connectivity index (χ1n) is 7.71. The summed E-state index contributed by atoms with van der Waals surface area (Å²) in [5.41, 5.74) is 3.19. The minimum Gasteiger partial charge on any atom is -0.478 e. The van der Waals surface area contributed by atoms with Crippen LogP contribution < -0.4 is 0 Å². The molecule has 0 aromatic heterocycles. The van der Waals surface area contributed by atoms with Gasteiger partial charge in [0.15, 0.2) is 0 Å². The van der Waals surface area contributed by atoms with E-state index in [0.29, 0.717) is 17.2 Å². The fraction of sp³-hybridized carbons (Fsp3) is 0.263. The Kier molecular flexibility index (Phi) is 4.40. The number of aromatic carboxylic acids is 1. The molecule has 0 heterocycles. The lowest BCUT2D eigenvalue weighted by molar-refractivity contribution is 0.0696. The monoisotopic (exact) mass is 306 g/mol. The Morgan fingerprint density at radius 2 is 1.83 bits per heavy atom. The van der Waals surface area contributed by atoms with Crippen molar-refractivity contribution >= 4 is 5.97 Å². The highest BCUT2D eigenvalue weighted by Gasteiger charge is 2.29. The van der Waals surface area contributed by atoms with E-state index in [1.54, 1.807) is 18.2 Å². The van der Waals surface area contributed by atoms with Crippen molar-refractivity contribution < 1.29 is 9.90 Å². The van der Waals surface area contributed by atoms with E-state index in [9.17, 15) is 4.79 Å². The Bertz CT molecular complexity index is 743. The molecule has 0 spiro atoms. The van der Waals surface area contributed by atoms with E-state index in [0.717, 1.165) is 18.7 Å². The zero-order chi connectivity index (χ0) is 16.2. The van der Waals surface area contributed by atoms with E-state index in [1.165, 1.54) is 18.4 Å². The molecule has 1 saturated carbocycles. The molecule has 4 nitrogen and oxygen atoms in total. The first-order chi connectivity index (χ1) is 11.2. The molecule has 0 atom stereocenters. The van der Waals surface area contributed by atoms with Gasteiger partial charge in [0.1, 0.15) is 0 Å². The molecule has 23 heavy (non-hydrogen) atoms. The zero-order valence-corrected chi connectivity index (χ0v) is 12.8. The van der Waals surface area contributed by atoms with Crippen LogP contribution in [0.1, 0.15) is 39.9 Å². The molecule has 2 aromatic rings. The van der Waals surface area contributed by atoms with Gasteiger partial charge in [-0.2, -0.15) is 5.26 Å². The molecule has 4 heteroatoms. The number of benzene rings is 2. The highest BCUT2D eigenvalue weighted by atomic mass is 16.4. The SMILES string of the molecule is N#Cc1ccc(CN(Cc2cccc(C(=O)O)c2)C2CC2)cc1. The van der Waals surface area contributed by atoms with Crippen molar-refractivity contribution in [1.82, 2.24) is 4.90 Å². The molecule has 1 fully saturated rings. The van der Waals surface area contributed by atoms with Crippen LogP contribution in [-0.4, -0.2) is 22.0 Å². The van der Waals surface area contributed by atoms with Crippen LogP contribution in [0.25, 0.3) is 0 Å². The summed E-state index contributed by atoms with van der Waals surface area (Å²) in [6, 6.07) is 17.5. The quantitative estimate of drug-likeness (QED) is 0.888. The minimum absolute atomic E-state index is 0.330. The molecule has 0 bridgehead atoms. The Labute approximate surface area is 135 Å². The van der Waals surface area contributed by atoms with Crippen LogP contribution in [0.5, 0.6) is 0 Å². The highest BCUT2D eigenvalue weighted by molar-refractivity contribution is 5.87. The number of hydrogen-bond donors (Lipinski definition) is 1. The van der Waals surface area contributed by atoms with Crippen LogP contribution in [0.4, 0.5) is 0 Å². The summed E-state index contributed by atoms with van der Waals surface area (Å²) in [7, 11) is 0. The van der Waals surface area contributed by atoms with Crippen LogP contribution >= 0.6 is 0 Å². The van der Waals surface area contributed by atoms with Crippen molar-refractivity contribution in [2.75, 3.05) is 0 Å². The number of rotatable bonds is 6. The van der Waals surface area contributed by atoms with Crippen LogP contribution in [0.15, 0.2) is 48.5 Å². The van der Waals surface area contributed by atoms with Crippen molar-refractivity contribution in [2.24, 2.45) is 0 Å². The number of hydrogen-bond acceptors (Lipinski definition) is 3. The number of carboxylic acids is 1. The number of nitrogens with zero attached hydrogens (tertiary/aromatic N) is 2. The first-order valence-corrected chi connectivity index (χ1v) is 7.71. The lowest BCUT2D eigenvalue weighted by atomic mass is 10.1. The predicted octanol–water partition coefficient (Wildman–Crippen LogP) is 3.42. The van der Waals surface area contributed by atoms with Crippen molar-refractivity contribution in [3.8, 4) is 6.07 Å². The Balaban J connectivity index is 1.73. The third-order valence-electron chi connectivity index (χ3n) is 4.09. The van der Waals surface area contributed by atoms with Gasteiger partial charge < -0.3 is 5.11 Å². The van der Waals surface area contributed by atoms with Gasteiger partial charge in [-0.3, -0.25) is 4.90 Å². The van der Waals surface area contributed by atoms with E-state index in [1.807, 2.05) is 30.3 Å². The van der Waals surface area contributed by atoms with Gasteiger partial charge in [0.05, 0.1) is 17.2 Å². The zero-order valence-electron chi connectivity index (χ0n) is 12.8. The Morgan fingerprint density at radius 1 is 1.13 bits per heavy atom. The second-order valence-corrected chi connectivity index (χ2v) is 5.95. The molecule has 116 valence electrons. The number of carboxylic acid groups (broad SMARTS) is 1. The van der Waals surface area contributed by atoms with Gasteiger partial charge in [-0.15, -0.1) is 0 Å². The molecule has 0 amide bonds. The van der Waals surface area contributed by atoms with E-state index < -0.39 is 5.97 Å². The minimum atomic E-state index is -0.892. The van der Waals surface area contributed by atoms with E-state index in [-0.39, 0.29) is 0 Å². The van der Waals surface area contributed by atoms with Crippen molar-refractivity contribution in [3.05, 3.63) is 70.8 Å². The average Bonchev–Trinajstić information content (AvgIpc) is 3.40. The van der Waals surface area contributed by atoms with E-state index in [2.05, 4.69) is 11.0 Å². The Morgan fingerprint density at radius 3 is 2.43 bits per heavy atom. The molecule has 0 unspecified atom stereocenters. The van der Waals surface area contributed by atoms with Crippen molar-refractivity contribution in [3.63, 3.8) is 0 Å². The summed E-state index contributed by atoms with van der Waals surface area (Å²) in [6.45, 7) is 1.56. The summed E-state index contributed by atoms with van der Waals surface area (Å²) in [6.07, 6.45) is 2.38. The smallest absolute Gasteiger partial charge is 0.335 e. The summed E-state index contributed by atoms with van der Waals surface area (Å²) in [5, 5.41) is 18.0. The van der Waals surface area contributed by atoms with Gasteiger partial charge in [0.25, 0.3) is 0 Å². The molecule has 2 aromatic carbocycles. The van der Waals surface area contributed by atoms with Crippen molar-refractivity contribution in [1.29, 1.82) is 5.26 Å².